The molecular formula is C56H92O6. The zero-order chi connectivity index (χ0) is 45.1. The molecule has 0 bridgehead atoms. The van der Waals surface area contributed by atoms with Crippen molar-refractivity contribution in [2.75, 3.05) is 13.2 Å². The number of ether oxygens (including phenoxy) is 3. The first-order valence-corrected chi connectivity index (χ1v) is 25.2. The molecule has 0 radical (unpaired) electrons. The van der Waals surface area contributed by atoms with Crippen LogP contribution in [0.15, 0.2) is 97.2 Å². The van der Waals surface area contributed by atoms with Gasteiger partial charge in [-0.1, -0.05) is 182 Å². The van der Waals surface area contributed by atoms with Gasteiger partial charge < -0.3 is 14.2 Å². The lowest BCUT2D eigenvalue weighted by molar-refractivity contribution is -0.167. The van der Waals surface area contributed by atoms with Gasteiger partial charge in [0.05, 0.1) is 0 Å². The Kier molecular flexibility index (Phi) is 47.0. The van der Waals surface area contributed by atoms with Crippen molar-refractivity contribution in [2.24, 2.45) is 0 Å². The molecule has 0 aromatic carbocycles. The second kappa shape index (κ2) is 50.0. The summed E-state index contributed by atoms with van der Waals surface area (Å²) < 4.78 is 16.7. The third-order valence-electron chi connectivity index (χ3n) is 10.3. The number of carbonyl (C=O) groups is 3. The highest BCUT2D eigenvalue weighted by atomic mass is 16.6. The molecule has 1 atom stereocenters. The summed E-state index contributed by atoms with van der Waals surface area (Å²) in [6, 6.07) is 0. The minimum atomic E-state index is -0.808. The maximum atomic E-state index is 12.8. The van der Waals surface area contributed by atoms with Gasteiger partial charge in [-0.3, -0.25) is 14.4 Å². The fraction of sp³-hybridized carbons (Fsp3) is 0.661. The second-order valence-corrected chi connectivity index (χ2v) is 16.3. The molecule has 1 unspecified atom stereocenters. The third kappa shape index (κ3) is 47.4. The number of rotatable bonds is 44. The van der Waals surface area contributed by atoms with Crippen molar-refractivity contribution in [1.82, 2.24) is 0 Å². The average molecular weight is 861 g/mol. The molecule has 0 aromatic heterocycles. The first kappa shape index (κ1) is 58.3. The molecule has 0 heterocycles. The Labute approximate surface area is 381 Å². The Bertz CT molecular complexity index is 1260. The maximum absolute atomic E-state index is 12.8. The fourth-order valence-electron chi connectivity index (χ4n) is 6.48. The molecule has 0 aliphatic heterocycles. The van der Waals surface area contributed by atoms with Crippen LogP contribution in [-0.4, -0.2) is 37.2 Å². The number of esters is 3. The Morgan fingerprint density at radius 1 is 0.339 bits per heavy atom. The summed E-state index contributed by atoms with van der Waals surface area (Å²) in [6.07, 6.45) is 65.3. The zero-order valence-corrected chi connectivity index (χ0v) is 40.1. The molecule has 0 aromatic rings. The van der Waals surface area contributed by atoms with Crippen LogP contribution in [0.2, 0.25) is 0 Å². The highest BCUT2D eigenvalue weighted by Crippen LogP contribution is 2.12. The van der Waals surface area contributed by atoms with E-state index in [-0.39, 0.29) is 31.1 Å². The molecular weight excluding hydrogens is 769 g/mol. The smallest absolute Gasteiger partial charge is 0.306 e. The lowest BCUT2D eigenvalue weighted by atomic mass is 10.1. The number of carbonyl (C=O) groups excluding carboxylic acids is 3. The normalized spacial score (nSPS) is 12.9. The quantitative estimate of drug-likeness (QED) is 0.0263. The van der Waals surface area contributed by atoms with Gasteiger partial charge in [0.1, 0.15) is 13.2 Å². The predicted molar refractivity (Wildman–Crippen MR) is 265 cm³/mol. The highest BCUT2D eigenvalue weighted by Gasteiger charge is 2.19. The van der Waals surface area contributed by atoms with Crippen LogP contribution in [0.5, 0.6) is 0 Å². The Morgan fingerprint density at radius 2 is 0.645 bits per heavy atom. The van der Waals surface area contributed by atoms with Gasteiger partial charge >= 0.3 is 17.9 Å². The van der Waals surface area contributed by atoms with Crippen molar-refractivity contribution in [3.05, 3.63) is 97.2 Å². The highest BCUT2D eigenvalue weighted by molar-refractivity contribution is 5.71. The van der Waals surface area contributed by atoms with Gasteiger partial charge in [-0.05, 0) is 116 Å². The summed E-state index contributed by atoms with van der Waals surface area (Å²) in [4.78, 5) is 37.9. The van der Waals surface area contributed by atoms with Crippen molar-refractivity contribution in [3.8, 4) is 0 Å². The van der Waals surface area contributed by atoms with Gasteiger partial charge in [0.25, 0.3) is 0 Å². The number of unbranched alkanes of at least 4 members (excludes halogenated alkanes) is 17. The lowest BCUT2D eigenvalue weighted by Gasteiger charge is -2.18. The summed E-state index contributed by atoms with van der Waals surface area (Å²) in [5, 5.41) is 0. The minimum Gasteiger partial charge on any atom is -0.462 e. The molecule has 352 valence electrons. The van der Waals surface area contributed by atoms with Crippen molar-refractivity contribution < 1.29 is 28.6 Å². The topological polar surface area (TPSA) is 78.9 Å². The SMILES string of the molecule is CC/C=C\C/C=C\C/C=C\C/C=C\CCCCC(=O)OCC(COC(=O)CCCCCCC/C=C\C/C=C\CCCC)OC(=O)CCCCCCC/C=C\C/C=C\CCCCC. The zero-order valence-electron chi connectivity index (χ0n) is 40.1. The van der Waals surface area contributed by atoms with E-state index in [1.54, 1.807) is 0 Å². The van der Waals surface area contributed by atoms with Crippen LogP contribution in [0.25, 0.3) is 0 Å². The largest absolute Gasteiger partial charge is 0.462 e. The van der Waals surface area contributed by atoms with Gasteiger partial charge in [0.2, 0.25) is 0 Å². The van der Waals surface area contributed by atoms with E-state index < -0.39 is 6.10 Å². The van der Waals surface area contributed by atoms with Gasteiger partial charge in [-0.25, -0.2) is 0 Å². The van der Waals surface area contributed by atoms with Gasteiger partial charge in [-0.2, -0.15) is 0 Å². The van der Waals surface area contributed by atoms with E-state index in [0.717, 1.165) is 135 Å². The van der Waals surface area contributed by atoms with Crippen LogP contribution in [0.1, 0.15) is 220 Å². The van der Waals surface area contributed by atoms with E-state index in [4.69, 9.17) is 14.2 Å². The number of hydrogen-bond donors (Lipinski definition) is 0. The molecule has 62 heavy (non-hydrogen) atoms. The first-order chi connectivity index (χ1) is 30.5. The van der Waals surface area contributed by atoms with Crippen LogP contribution in [0.4, 0.5) is 0 Å². The van der Waals surface area contributed by atoms with E-state index in [2.05, 4.69) is 118 Å². The van der Waals surface area contributed by atoms with E-state index in [1.165, 1.54) is 44.9 Å². The summed E-state index contributed by atoms with van der Waals surface area (Å²) in [7, 11) is 0. The monoisotopic (exact) mass is 861 g/mol. The molecule has 0 aliphatic rings. The van der Waals surface area contributed by atoms with Gasteiger partial charge in [-0.15, -0.1) is 0 Å². The molecule has 0 spiro atoms. The number of allylic oxidation sites excluding steroid dienone is 16. The summed E-state index contributed by atoms with van der Waals surface area (Å²) >= 11 is 0. The van der Waals surface area contributed by atoms with Crippen molar-refractivity contribution >= 4 is 17.9 Å². The van der Waals surface area contributed by atoms with Crippen molar-refractivity contribution in [2.45, 2.75) is 226 Å². The van der Waals surface area contributed by atoms with E-state index in [1.807, 2.05) is 0 Å². The maximum Gasteiger partial charge on any atom is 0.306 e. The lowest BCUT2D eigenvalue weighted by Crippen LogP contribution is -2.30. The second-order valence-electron chi connectivity index (χ2n) is 16.3. The van der Waals surface area contributed by atoms with E-state index >= 15 is 0 Å². The molecule has 6 nitrogen and oxygen atoms in total. The summed E-state index contributed by atoms with van der Waals surface area (Å²) in [6.45, 7) is 6.38. The molecule has 0 saturated heterocycles. The molecule has 0 saturated carbocycles. The molecule has 6 heteroatoms. The Balaban J connectivity index is 4.52. The molecule has 0 N–H and O–H groups in total. The fourth-order valence-corrected chi connectivity index (χ4v) is 6.48. The first-order valence-electron chi connectivity index (χ1n) is 25.2. The van der Waals surface area contributed by atoms with Crippen molar-refractivity contribution in [3.63, 3.8) is 0 Å². The van der Waals surface area contributed by atoms with Crippen LogP contribution in [0.3, 0.4) is 0 Å². The summed E-state index contributed by atoms with van der Waals surface area (Å²) in [5.41, 5.74) is 0. The molecule has 0 amide bonds. The summed E-state index contributed by atoms with van der Waals surface area (Å²) in [5.74, 6) is -0.980. The average Bonchev–Trinajstić information content (AvgIpc) is 3.27. The van der Waals surface area contributed by atoms with Crippen LogP contribution in [0, 0.1) is 0 Å². The van der Waals surface area contributed by atoms with E-state index in [9.17, 15) is 14.4 Å². The number of hydrogen-bond acceptors (Lipinski definition) is 6. The standard InChI is InChI=1S/C56H92O6/c1-4-7-10-13-16-19-22-25-28-31-34-37-40-43-46-49-55(58)61-52-53(51-60-54(57)48-45-42-39-36-33-30-27-24-21-18-15-12-9-6-3)62-56(59)50-47-44-41-38-35-32-29-26-23-20-17-14-11-8-5-2/h7,10,15-20,24-29,34,37,53H,4-6,8-9,11-14,21-23,30-33,35-36,38-52H2,1-3H3/b10-7-,18-15-,19-16-,20-17-,27-24-,28-25-,29-26-,37-34-. The Hall–Kier alpha value is -3.67. The third-order valence-corrected chi connectivity index (χ3v) is 10.3. The minimum absolute atomic E-state index is 0.105. The molecule has 0 aliphatic carbocycles. The molecule has 0 rings (SSSR count). The van der Waals surface area contributed by atoms with Gasteiger partial charge in [0.15, 0.2) is 6.10 Å². The van der Waals surface area contributed by atoms with Crippen LogP contribution >= 0.6 is 0 Å². The predicted octanol–water partition coefficient (Wildman–Crippen LogP) is 16.6. The van der Waals surface area contributed by atoms with Gasteiger partial charge in [0, 0.05) is 19.3 Å². The van der Waals surface area contributed by atoms with Crippen LogP contribution in [-0.2, 0) is 28.6 Å². The van der Waals surface area contributed by atoms with E-state index in [0.29, 0.717) is 19.3 Å². The van der Waals surface area contributed by atoms with Crippen molar-refractivity contribution in [1.29, 1.82) is 0 Å². The Morgan fingerprint density at radius 3 is 1.06 bits per heavy atom. The van der Waals surface area contributed by atoms with Crippen LogP contribution < -0.4 is 0 Å². The molecule has 0 fully saturated rings.